The van der Waals surface area contributed by atoms with Crippen molar-refractivity contribution in [2.75, 3.05) is 20.7 Å². The van der Waals surface area contributed by atoms with Crippen molar-refractivity contribution >= 4 is 17.8 Å². The molecule has 2 aromatic rings. The van der Waals surface area contributed by atoms with Gasteiger partial charge in [0.15, 0.2) is 0 Å². The van der Waals surface area contributed by atoms with Crippen molar-refractivity contribution in [3.05, 3.63) is 57.9 Å². The fraction of sp³-hybridized carbons (Fsp3) is 0.350. The van der Waals surface area contributed by atoms with Crippen LogP contribution in [-0.4, -0.2) is 48.4 Å². The van der Waals surface area contributed by atoms with Gasteiger partial charge in [0, 0.05) is 31.9 Å². The lowest BCUT2D eigenvalue weighted by Crippen LogP contribution is -2.27. The third-order valence-electron chi connectivity index (χ3n) is 4.34. The van der Waals surface area contributed by atoms with Gasteiger partial charge in [0.1, 0.15) is 5.69 Å². The Kier molecular flexibility index (Phi) is 6.39. The predicted octanol–water partition coefficient (Wildman–Crippen LogP) is 2.44. The molecule has 7 nitrogen and oxygen atoms in total. The number of ether oxygens (including phenoxy) is 1. The number of rotatable bonds is 6. The van der Waals surface area contributed by atoms with Gasteiger partial charge in [0.25, 0.3) is 11.8 Å². The number of benzene rings is 1. The van der Waals surface area contributed by atoms with Crippen LogP contribution in [0.15, 0.2) is 24.3 Å². The number of hydrogen-bond acceptors (Lipinski definition) is 4. The largest absolute Gasteiger partial charge is 0.462 e. The number of aryl methyl sites for hydroxylation is 1. The van der Waals surface area contributed by atoms with Crippen LogP contribution in [0.25, 0.3) is 0 Å². The van der Waals surface area contributed by atoms with E-state index in [1.54, 1.807) is 51.9 Å². The van der Waals surface area contributed by atoms with E-state index in [1.807, 2.05) is 12.1 Å². The Hall–Kier alpha value is -3.09. The summed E-state index contributed by atoms with van der Waals surface area (Å²) in [5.74, 6) is -0.813. The first-order valence-electron chi connectivity index (χ1n) is 8.72. The molecule has 0 aliphatic carbocycles. The molecular formula is C20H25N3O4. The molecule has 144 valence electrons. The number of hydrogen-bond donors (Lipinski definition) is 2. The van der Waals surface area contributed by atoms with Gasteiger partial charge in [0.2, 0.25) is 0 Å². The molecule has 1 heterocycles. The van der Waals surface area contributed by atoms with E-state index in [2.05, 4.69) is 10.3 Å². The van der Waals surface area contributed by atoms with E-state index < -0.39 is 5.97 Å². The smallest absolute Gasteiger partial charge is 0.340 e. The van der Waals surface area contributed by atoms with Crippen molar-refractivity contribution in [1.82, 2.24) is 15.2 Å². The van der Waals surface area contributed by atoms with Gasteiger partial charge in [-0.05, 0) is 44.0 Å². The van der Waals surface area contributed by atoms with E-state index in [0.717, 1.165) is 5.56 Å². The molecule has 0 radical (unpaired) electrons. The van der Waals surface area contributed by atoms with E-state index in [4.69, 9.17) is 4.74 Å². The van der Waals surface area contributed by atoms with Gasteiger partial charge in [-0.15, -0.1) is 0 Å². The quantitative estimate of drug-likeness (QED) is 0.763. The number of aromatic nitrogens is 1. The number of esters is 1. The molecule has 0 unspecified atom stereocenters. The zero-order valence-corrected chi connectivity index (χ0v) is 16.3. The summed E-state index contributed by atoms with van der Waals surface area (Å²) >= 11 is 0. The minimum atomic E-state index is -0.435. The van der Waals surface area contributed by atoms with Crippen LogP contribution in [0, 0.1) is 13.8 Å². The van der Waals surface area contributed by atoms with Crippen LogP contribution in [0.3, 0.4) is 0 Å². The highest BCUT2D eigenvalue weighted by Crippen LogP contribution is 2.21. The highest BCUT2D eigenvalue weighted by Gasteiger charge is 2.24. The van der Waals surface area contributed by atoms with Gasteiger partial charge in [-0.3, -0.25) is 9.59 Å². The third-order valence-corrected chi connectivity index (χ3v) is 4.34. The van der Waals surface area contributed by atoms with Crippen molar-refractivity contribution in [3.63, 3.8) is 0 Å². The third kappa shape index (κ3) is 4.36. The first-order chi connectivity index (χ1) is 12.8. The highest BCUT2D eigenvalue weighted by molar-refractivity contribution is 6.00. The maximum absolute atomic E-state index is 12.8. The van der Waals surface area contributed by atoms with Crippen LogP contribution in [0.5, 0.6) is 0 Å². The zero-order valence-electron chi connectivity index (χ0n) is 16.3. The summed E-state index contributed by atoms with van der Waals surface area (Å²) in [6.07, 6.45) is 0. The Balaban J connectivity index is 2.17. The molecule has 2 rings (SSSR count). The number of nitrogens with zero attached hydrogens (tertiary/aromatic N) is 1. The van der Waals surface area contributed by atoms with E-state index in [-0.39, 0.29) is 18.4 Å². The summed E-state index contributed by atoms with van der Waals surface area (Å²) in [6, 6.07) is 7.06. The molecule has 0 aliphatic rings. The second-order valence-corrected chi connectivity index (χ2v) is 6.28. The van der Waals surface area contributed by atoms with E-state index >= 15 is 0 Å². The highest BCUT2D eigenvalue weighted by atomic mass is 16.5. The molecule has 1 aromatic heterocycles. The number of nitrogens with one attached hydrogen (secondary N) is 2. The maximum Gasteiger partial charge on any atom is 0.340 e. The van der Waals surface area contributed by atoms with Gasteiger partial charge in [-0.1, -0.05) is 12.1 Å². The van der Waals surface area contributed by atoms with Crippen LogP contribution in [0.4, 0.5) is 0 Å². The summed E-state index contributed by atoms with van der Waals surface area (Å²) in [5, 5.41) is 2.57. The van der Waals surface area contributed by atoms with Crippen molar-refractivity contribution in [2.24, 2.45) is 0 Å². The van der Waals surface area contributed by atoms with E-state index in [9.17, 15) is 14.4 Å². The summed E-state index contributed by atoms with van der Waals surface area (Å²) < 4.78 is 5.06. The van der Waals surface area contributed by atoms with Crippen LogP contribution in [0.2, 0.25) is 0 Å². The Bertz CT molecular complexity index is 853. The first kappa shape index (κ1) is 20.2. The van der Waals surface area contributed by atoms with Crippen LogP contribution in [-0.2, 0) is 11.3 Å². The van der Waals surface area contributed by atoms with Gasteiger partial charge < -0.3 is 19.9 Å². The number of carbonyl (C=O) groups is 3. The molecule has 0 saturated heterocycles. The Labute approximate surface area is 158 Å². The minimum absolute atomic E-state index is 0.157. The minimum Gasteiger partial charge on any atom is -0.462 e. The average Bonchev–Trinajstić information content (AvgIpc) is 2.95. The number of aromatic amines is 1. The van der Waals surface area contributed by atoms with E-state index in [1.165, 1.54) is 0 Å². The fourth-order valence-electron chi connectivity index (χ4n) is 2.92. The molecule has 0 spiro atoms. The monoisotopic (exact) mass is 371 g/mol. The Morgan fingerprint density at radius 3 is 2.33 bits per heavy atom. The number of carbonyl (C=O) groups excluding carboxylic acids is 3. The van der Waals surface area contributed by atoms with Crippen molar-refractivity contribution < 1.29 is 19.1 Å². The van der Waals surface area contributed by atoms with Gasteiger partial charge in [-0.25, -0.2) is 4.79 Å². The first-order valence-corrected chi connectivity index (χ1v) is 8.72. The summed E-state index contributed by atoms with van der Waals surface area (Å²) in [5.41, 5.74) is 3.43. The lowest BCUT2D eigenvalue weighted by Gasteiger charge is -2.17. The molecule has 1 aromatic carbocycles. The average molecular weight is 371 g/mol. The predicted molar refractivity (Wildman–Crippen MR) is 102 cm³/mol. The second-order valence-electron chi connectivity index (χ2n) is 6.28. The van der Waals surface area contributed by atoms with Crippen LogP contribution in [0.1, 0.15) is 54.9 Å². The topological polar surface area (TPSA) is 91.5 Å². The van der Waals surface area contributed by atoms with Gasteiger partial charge in [-0.2, -0.15) is 0 Å². The molecule has 27 heavy (non-hydrogen) atoms. The lowest BCUT2D eigenvalue weighted by molar-refractivity contribution is 0.0524. The molecule has 0 atom stereocenters. The van der Waals surface area contributed by atoms with E-state index in [0.29, 0.717) is 34.6 Å². The zero-order chi connectivity index (χ0) is 20.1. The number of H-pyrrole nitrogens is 1. The molecular weight excluding hydrogens is 346 g/mol. The molecule has 2 amide bonds. The standard InChI is InChI=1S/C20H25N3O4/c1-6-27-20(26)16-12(2)17(22-13(16)3)19(25)23(5)11-14-7-9-15(10-8-14)18(24)21-4/h7-10,22H,6,11H2,1-5H3,(H,21,24). The van der Waals surface area contributed by atoms with Gasteiger partial charge >= 0.3 is 5.97 Å². The summed E-state index contributed by atoms with van der Waals surface area (Å²) in [6.45, 7) is 5.87. The van der Waals surface area contributed by atoms with Crippen molar-refractivity contribution in [2.45, 2.75) is 27.3 Å². The lowest BCUT2D eigenvalue weighted by atomic mass is 10.1. The summed E-state index contributed by atoms with van der Waals surface area (Å²) in [7, 11) is 3.27. The van der Waals surface area contributed by atoms with Crippen LogP contribution >= 0.6 is 0 Å². The second kappa shape index (κ2) is 8.53. The summed E-state index contributed by atoms with van der Waals surface area (Å²) in [4.78, 5) is 41.1. The van der Waals surface area contributed by atoms with Crippen molar-refractivity contribution in [1.29, 1.82) is 0 Å². The SMILES string of the molecule is CCOC(=O)c1c(C)[nH]c(C(=O)N(C)Cc2ccc(C(=O)NC)cc2)c1C. The number of amides is 2. The van der Waals surface area contributed by atoms with Gasteiger partial charge in [0.05, 0.1) is 12.2 Å². The normalized spacial score (nSPS) is 10.4. The molecule has 0 aliphatic heterocycles. The maximum atomic E-state index is 12.8. The fourth-order valence-corrected chi connectivity index (χ4v) is 2.92. The molecule has 7 heteroatoms. The Morgan fingerprint density at radius 2 is 1.78 bits per heavy atom. The molecule has 0 bridgehead atoms. The van der Waals surface area contributed by atoms with Crippen molar-refractivity contribution in [3.8, 4) is 0 Å². The Morgan fingerprint density at radius 1 is 1.15 bits per heavy atom. The molecule has 0 fully saturated rings. The molecule has 0 saturated carbocycles. The van der Waals surface area contributed by atoms with Crippen LogP contribution < -0.4 is 5.32 Å². The molecule has 2 N–H and O–H groups in total.